The standard InChI is InChI=1S/C8H9N3O2/c1-11-6-3-2-5(10-9)4-7(6)13-8(11)12/h2-4,10H,9H2,1H3. The topological polar surface area (TPSA) is 73.2 Å². The number of benzene rings is 1. The minimum absolute atomic E-state index is 0.371. The fraction of sp³-hybridized carbons (Fsp3) is 0.125. The molecule has 0 fully saturated rings. The van der Waals surface area contributed by atoms with E-state index in [0.29, 0.717) is 11.3 Å². The summed E-state index contributed by atoms with van der Waals surface area (Å²) in [6.07, 6.45) is 0. The monoisotopic (exact) mass is 179 g/mol. The van der Waals surface area contributed by atoms with Crippen LogP contribution in [0.5, 0.6) is 0 Å². The van der Waals surface area contributed by atoms with Crippen molar-refractivity contribution in [2.45, 2.75) is 0 Å². The van der Waals surface area contributed by atoms with E-state index in [1.807, 2.05) is 0 Å². The number of nitrogens with two attached hydrogens (primary N) is 1. The van der Waals surface area contributed by atoms with Crippen LogP contribution in [0.2, 0.25) is 0 Å². The third kappa shape index (κ3) is 1.09. The number of hydrogen-bond donors (Lipinski definition) is 2. The first kappa shape index (κ1) is 7.88. The van der Waals surface area contributed by atoms with Gasteiger partial charge in [-0.15, -0.1) is 0 Å². The van der Waals surface area contributed by atoms with Gasteiger partial charge in [-0.1, -0.05) is 0 Å². The lowest BCUT2D eigenvalue weighted by atomic mass is 10.3. The molecule has 0 unspecified atom stereocenters. The predicted molar refractivity (Wildman–Crippen MR) is 49.3 cm³/mol. The zero-order valence-corrected chi connectivity index (χ0v) is 7.07. The Morgan fingerprint density at radius 2 is 2.31 bits per heavy atom. The van der Waals surface area contributed by atoms with Gasteiger partial charge in [0.25, 0.3) is 0 Å². The van der Waals surface area contributed by atoms with Crippen molar-refractivity contribution in [2.24, 2.45) is 12.9 Å². The Hall–Kier alpha value is -1.75. The van der Waals surface area contributed by atoms with Crippen molar-refractivity contribution in [1.82, 2.24) is 4.57 Å². The lowest BCUT2D eigenvalue weighted by Gasteiger charge is -1.97. The minimum atomic E-state index is -0.371. The van der Waals surface area contributed by atoms with Crippen molar-refractivity contribution >= 4 is 16.8 Å². The molecule has 0 atom stereocenters. The molecule has 0 saturated heterocycles. The maximum absolute atomic E-state index is 11.1. The maximum atomic E-state index is 11.1. The summed E-state index contributed by atoms with van der Waals surface area (Å²) in [5, 5.41) is 0. The minimum Gasteiger partial charge on any atom is -0.408 e. The smallest absolute Gasteiger partial charge is 0.408 e. The van der Waals surface area contributed by atoms with Crippen LogP contribution in [0, 0.1) is 0 Å². The molecular weight excluding hydrogens is 170 g/mol. The Bertz CT molecular complexity index is 498. The van der Waals surface area contributed by atoms with Crippen LogP contribution in [0.4, 0.5) is 5.69 Å². The summed E-state index contributed by atoms with van der Waals surface area (Å²) in [5.41, 5.74) is 4.47. The van der Waals surface area contributed by atoms with Gasteiger partial charge in [-0.2, -0.15) is 0 Å². The molecule has 0 amide bonds. The number of nitrogen functional groups attached to an aromatic ring is 1. The number of rotatable bonds is 1. The van der Waals surface area contributed by atoms with Crippen LogP contribution in [0.15, 0.2) is 27.4 Å². The fourth-order valence-corrected chi connectivity index (χ4v) is 1.22. The van der Waals surface area contributed by atoms with E-state index in [0.717, 1.165) is 5.52 Å². The molecule has 0 aliphatic rings. The molecule has 1 aromatic carbocycles. The Balaban J connectivity index is 2.80. The summed E-state index contributed by atoms with van der Waals surface area (Å²) in [5.74, 6) is 4.84. The third-order valence-corrected chi connectivity index (χ3v) is 1.96. The van der Waals surface area contributed by atoms with Crippen LogP contribution in [0.25, 0.3) is 11.1 Å². The largest absolute Gasteiger partial charge is 0.419 e. The van der Waals surface area contributed by atoms with Crippen molar-refractivity contribution in [3.05, 3.63) is 28.7 Å². The lowest BCUT2D eigenvalue weighted by Crippen LogP contribution is -2.08. The van der Waals surface area contributed by atoms with Crippen LogP contribution in [0.1, 0.15) is 0 Å². The first-order valence-corrected chi connectivity index (χ1v) is 3.78. The fourth-order valence-electron chi connectivity index (χ4n) is 1.22. The highest BCUT2D eigenvalue weighted by Crippen LogP contribution is 2.16. The van der Waals surface area contributed by atoms with Crippen LogP contribution < -0.4 is 17.0 Å². The number of oxazole rings is 1. The number of fused-ring (bicyclic) bond motifs is 1. The van der Waals surface area contributed by atoms with E-state index in [2.05, 4.69) is 5.43 Å². The van der Waals surface area contributed by atoms with E-state index in [1.165, 1.54) is 4.57 Å². The molecule has 5 nitrogen and oxygen atoms in total. The summed E-state index contributed by atoms with van der Waals surface area (Å²) in [7, 11) is 1.66. The van der Waals surface area contributed by atoms with Gasteiger partial charge in [0, 0.05) is 13.1 Å². The van der Waals surface area contributed by atoms with E-state index in [9.17, 15) is 4.79 Å². The number of hydrogen-bond acceptors (Lipinski definition) is 4. The van der Waals surface area contributed by atoms with Crippen LogP contribution in [-0.4, -0.2) is 4.57 Å². The molecule has 0 spiro atoms. The predicted octanol–water partition coefficient (Wildman–Crippen LogP) is 0.417. The molecule has 2 aromatic rings. The zero-order valence-electron chi connectivity index (χ0n) is 7.07. The molecule has 1 aromatic heterocycles. The summed E-state index contributed by atoms with van der Waals surface area (Å²) in [6, 6.07) is 5.23. The van der Waals surface area contributed by atoms with Gasteiger partial charge in [-0.3, -0.25) is 10.4 Å². The number of anilines is 1. The number of aromatic nitrogens is 1. The molecule has 68 valence electrons. The van der Waals surface area contributed by atoms with Gasteiger partial charge >= 0.3 is 5.76 Å². The summed E-state index contributed by atoms with van der Waals surface area (Å²) >= 11 is 0. The van der Waals surface area contributed by atoms with Crippen LogP contribution >= 0.6 is 0 Å². The highest BCUT2D eigenvalue weighted by atomic mass is 16.4. The summed E-state index contributed by atoms with van der Waals surface area (Å²) in [6.45, 7) is 0. The summed E-state index contributed by atoms with van der Waals surface area (Å²) in [4.78, 5) is 11.1. The molecule has 0 aliphatic heterocycles. The second-order valence-corrected chi connectivity index (χ2v) is 2.75. The highest BCUT2D eigenvalue weighted by molar-refractivity contribution is 5.77. The van der Waals surface area contributed by atoms with Gasteiger partial charge in [0.1, 0.15) is 0 Å². The molecule has 2 rings (SSSR count). The molecular formula is C8H9N3O2. The Morgan fingerprint density at radius 1 is 1.54 bits per heavy atom. The second kappa shape index (κ2) is 2.63. The molecule has 0 radical (unpaired) electrons. The van der Waals surface area contributed by atoms with E-state index < -0.39 is 0 Å². The number of hydrazine groups is 1. The molecule has 0 bridgehead atoms. The lowest BCUT2D eigenvalue weighted by molar-refractivity contribution is 0.528. The molecule has 13 heavy (non-hydrogen) atoms. The number of nitrogens with zero attached hydrogens (tertiary/aromatic N) is 1. The molecule has 3 N–H and O–H groups in total. The molecule has 0 aliphatic carbocycles. The molecule has 5 heteroatoms. The normalized spacial score (nSPS) is 10.6. The van der Waals surface area contributed by atoms with E-state index >= 15 is 0 Å². The van der Waals surface area contributed by atoms with Gasteiger partial charge in [0.05, 0.1) is 11.2 Å². The van der Waals surface area contributed by atoms with E-state index in [1.54, 1.807) is 25.2 Å². The van der Waals surface area contributed by atoms with Crippen molar-refractivity contribution < 1.29 is 4.42 Å². The quantitative estimate of drug-likeness (QED) is 0.491. The van der Waals surface area contributed by atoms with Gasteiger partial charge in [0.2, 0.25) is 0 Å². The number of nitrogens with one attached hydrogen (secondary N) is 1. The average molecular weight is 179 g/mol. The first-order valence-electron chi connectivity index (χ1n) is 3.78. The third-order valence-electron chi connectivity index (χ3n) is 1.96. The van der Waals surface area contributed by atoms with Crippen molar-refractivity contribution in [1.29, 1.82) is 0 Å². The SMILES string of the molecule is Cn1c(=O)oc2cc(NN)ccc21. The van der Waals surface area contributed by atoms with Crippen molar-refractivity contribution in [3.8, 4) is 0 Å². The van der Waals surface area contributed by atoms with Gasteiger partial charge in [-0.25, -0.2) is 4.79 Å². The van der Waals surface area contributed by atoms with E-state index in [4.69, 9.17) is 10.3 Å². The summed E-state index contributed by atoms with van der Waals surface area (Å²) < 4.78 is 6.39. The Morgan fingerprint density at radius 3 is 3.00 bits per heavy atom. The van der Waals surface area contributed by atoms with Crippen LogP contribution in [-0.2, 0) is 7.05 Å². The second-order valence-electron chi connectivity index (χ2n) is 2.75. The Labute approximate surface area is 73.7 Å². The molecule has 1 heterocycles. The first-order chi connectivity index (χ1) is 6.22. The van der Waals surface area contributed by atoms with Gasteiger partial charge < -0.3 is 9.84 Å². The van der Waals surface area contributed by atoms with Crippen LogP contribution in [0.3, 0.4) is 0 Å². The maximum Gasteiger partial charge on any atom is 0.419 e. The van der Waals surface area contributed by atoms with Crippen molar-refractivity contribution in [3.63, 3.8) is 0 Å². The molecule has 0 saturated carbocycles. The zero-order chi connectivity index (χ0) is 9.42. The van der Waals surface area contributed by atoms with E-state index in [-0.39, 0.29) is 5.76 Å². The highest BCUT2D eigenvalue weighted by Gasteiger charge is 2.04. The van der Waals surface area contributed by atoms with Crippen molar-refractivity contribution in [2.75, 3.05) is 5.43 Å². The number of aryl methyl sites for hydroxylation is 1. The average Bonchev–Trinajstić information content (AvgIpc) is 2.42. The van der Waals surface area contributed by atoms with Gasteiger partial charge in [-0.05, 0) is 12.1 Å². The Kier molecular flexibility index (Phi) is 1.60. The van der Waals surface area contributed by atoms with Gasteiger partial charge in [0.15, 0.2) is 5.58 Å².